The van der Waals surface area contributed by atoms with Crippen molar-refractivity contribution in [3.8, 4) is 0 Å². The van der Waals surface area contributed by atoms with Crippen LogP contribution in [0.3, 0.4) is 0 Å². The predicted molar refractivity (Wildman–Crippen MR) is 50.6 cm³/mol. The van der Waals surface area contributed by atoms with Crippen LogP contribution in [-0.4, -0.2) is 25.3 Å². The summed E-state index contributed by atoms with van der Waals surface area (Å²) < 4.78 is 30.6. The number of hydrogen-bond donors (Lipinski definition) is 1. The van der Waals surface area contributed by atoms with Gasteiger partial charge >= 0.3 is 29.6 Å². The molecule has 1 N–H and O–H groups in total. The first-order valence-corrected chi connectivity index (χ1v) is 6.25. The molecule has 0 radical (unpaired) electrons. The molecular formula is C7H10NNaO3S2. The van der Waals surface area contributed by atoms with Crippen molar-refractivity contribution >= 4 is 21.5 Å². The second kappa shape index (κ2) is 6.95. The third-order valence-corrected chi connectivity index (χ3v) is 2.87. The van der Waals surface area contributed by atoms with Gasteiger partial charge in [0.2, 0.25) is 0 Å². The largest absolute Gasteiger partial charge is 1.00 e. The molecule has 0 unspecified atom stereocenters. The molecule has 1 heterocycles. The molecule has 1 rings (SSSR count). The smallest absolute Gasteiger partial charge is 0.748 e. The molecule has 0 fully saturated rings. The maximum Gasteiger partial charge on any atom is 1.00 e. The minimum Gasteiger partial charge on any atom is -0.748 e. The van der Waals surface area contributed by atoms with Crippen LogP contribution in [0.4, 0.5) is 0 Å². The molecule has 74 valence electrons. The van der Waals surface area contributed by atoms with Crippen LogP contribution in [-0.2, 0) is 16.7 Å². The van der Waals surface area contributed by atoms with Gasteiger partial charge in [-0.2, -0.15) is 11.3 Å². The average molecular weight is 243 g/mol. The third-order valence-electron chi connectivity index (χ3n) is 1.44. The van der Waals surface area contributed by atoms with Gasteiger partial charge in [0.05, 0.1) is 15.9 Å². The first-order chi connectivity index (χ1) is 6.08. The Bertz CT molecular complexity index is 336. The maximum atomic E-state index is 10.2. The van der Waals surface area contributed by atoms with Gasteiger partial charge < -0.3 is 9.87 Å². The van der Waals surface area contributed by atoms with Crippen LogP contribution in [0.1, 0.15) is 5.56 Å². The molecule has 4 nitrogen and oxygen atoms in total. The van der Waals surface area contributed by atoms with E-state index >= 15 is 0 Å². The summed E-state index contributed by atoms with van der Waals surface area (Å²) in [6, 6.07) is 1.95. The summed E-state index contributed by atoms with van der Waals surface area (Å²) in [5.41, 5.74) is 1.10. The molecule has 0 atom stereocenters. The van der Waals surface area contributed by atoms with E-state index in [0.717, 1.165) is 5.56 Å². The van der Waals surface area contributed by atoms with Gasteiger partial charge in [0.25, 0.3) is 0 Å². The standard InChI is InChI=1S/C7H11NO3S2.Na/c9-13(10,11)4-2-8-5-7-1-3-12-6-7;/h1,3,6,8H,2,4-5H2,(H,9,10,11);/q;+1/p-1. The van der Waals surface area contributed by atoms with Crippen molar-refractivity contribution < 1.29 is 42.5 Å². The monoisotopic (exact) mass is 243 g/mol. The van der Waals surface area contributed by atoms with Gasteiger partial charge in [0, 0.05) is 13.1 Å². The van der Waals surface area contributed by atoms with Crippen molar-refractivity contribution in [1.82, 2.24) is 5.32 Å². The van der Waals surface area contributed by atoms with Crippen molar-refractivity contribution in [1.29, 1.82) is 0 Å². The normalized spacial score (nSPS) is 10.9. The molecule has 0 aliphatic heterocycles. The zero-order valence-corrected chi connectivity index (χ0v) is 11.5. The van der Waals surface area contributed by atoms with Crippen LogP contribution < -0.4 is 34.9 Å². The summed E-state index contributed by atoms with van der Waals surface area (Å²) in [5, 5.41) is 6.79. The van der Waals surface area contributed by atoms with Crippen LogP contribution >= 0.6 is 11.3 Å². The molecular weight excluding hydrogens is 233 g/mol. The van der Waals surface area contributed by atoms with E-state index in [1.807, 2.05) is 16.8 Å². The Hall–Kier alpha value is 0.570. The van der Waals surface area contributed by atoms with Gasteiger partial charge in [0.15, 0.2) is 0 Å². The number of hydrogen-bond acceptors (Lipinski definition) is 5. The fourth-order valence-corrected chi connectivity index (χ4v) is 1.89. The quantitative estimate of drug-likeness (QED) is 0.349. The first-order valence-electron chi connectivity index (χ1n) is 3.73. The summed E-state index contributed by atoms with van der Waals surface area (Å²) in [6.45, 7) is 0.820. The van der Waals surface area contributed by atoms with Gasteiger partial charge in [-0.15, -0.1) is 0 Å². The maximum absolute atomic E-state index is 10.2. The fourth-order valence-electron chi connectivity index (χ4n) is 0.823. The van der Waals surface area contributed by atoms with E-state index in [2.05, 4.69) is 5.32 Å². The van der Waals surface area contributed by atoms with Crippen LogP contribution in [0, 0.1) is 0 Å². The van der Waals surface area contributed by atoms with E-state index in [9.17, 15) is 13.0 Å². The number of rotatable bonds is 5. The van der Waals surface area contributed by atoms with E-state index in [-0.39, 0.29) is 41.9 Å². The fraction of sp³-hybridized carbons (Fsp3) is 0.429. The Labute approximate surface area is 110 Å². The average Bonchev–Trinajstić information content (AvgIpc) is 2.48. The summed E-state index contributed by atoms with van der Waals surface area (Å²) in [4.78, 5) is 0. The zero-order valence-electron chi connectivity index (χ0n) is 7.89. The number of thiophene rings is 1. The molecule has 1 aromatic rings. The summed E-state index contributed by atoms with van der Waals surface area (Å²) >= 11 is 1.58. The molecule has 0 saturated heterocycles. The second-order valence-corrected chi connectivity index (χ2v) is 4.87. The molecule has 0 saturated carbocycles. The molecule has 1 aromatic heterocycles. The second-order valence-electron chi connectivity index (χ2n) is 2.57. The van der Waals surface area contributed by atoms with Gasteiger partial charge in [0.1, 0.15) is 0 Å². The third kappa shape index (κ3) is 6.94. The summed E-state index contributed by atoms with van der Waals surface area (Å²) in [5.74, 6) is -0.350. The molecule has 0 spiro atoms. The zero-order chi connectivity index (χ0) is 9.73. The van der Waals surface area contributed by atoms with E-state index in [1.54, 1.807) is 11.3 Å². The van der Waals surface area contributed by atoms with Gasteiger partial charge in [-0.05, 0) is 22.4 Å². The van der Waals surface area contributed by atoms with Crippen LogP contribution in [0.5, 0.6) is 0 Å². The van der Waals surface area contributed by atoms with E-state index in [1.165, 1.54) is 0 Å². The van der Waals surface area contributed by atoms with Crippen molar-refractivity contribution in [2.24, 2.45) is 0 Å². The topological polar surface area (TPSA) is 69.2 Å². The molecule has 0 bridgehead atoms. The van der Waals surface area contributed by atoms with Gasteiger partial charge in [-0.1, -0.05) is 0 Å². The molecule has 7 heteroatoms. The first kappa shape index (κ1) is 14.6. The Morgan fingerprint density at radius 1 is 1.50 bits per heavy atom. The molecule has 0 amide bonds. The van der Waals surface area contributed by atoms with Gasteiger partial charge in [-0.3, -0.25) is 0 Å². The van der Waals surface area contributed by atoms with Crippen LogP contribution in [0.25, 0.3) is 0 Å². The van der Waals surface area contributed by atoms with Gasteiger partial charge in [-0.25, -0.2) is 8.42 Å². The Morgan fingerprint density at radius 3 is 2.71 bits per heavy atom. The number of nitrogens with one attached hydrogen (secondary N) is 1. The van der Waals surface area contributed by atoms with Crippen molar-refractivity contribution in [3.05, 3.63) is 22.4 Å². The Balaban J connectivity index is 0.00000169. The van der Waals surface area contributed by atoms with Crippen molar-refractivity contribution in [2.45, 2.75) is 6.54 Å². The molecule has 0 aliphatic rings. The van der Waals surface area contributed by atoms with E-state index in [4.69, 9.17) is 0 Å². The molecule has 0 aromatic carbocycles. The van der Waals surface area contributed by atoms with Crippen LogP contribution in [0.2, 0.25) is 0 Å². The SMILES string of the molecule is O=S(=O)([O-])CCNCc1ccsc1.[Na+]. The van der Waals surface area contributed by atoms with E-state index < -0.39 is 10.1 Å². The Morgan fingerprint density at radius 2 is 2.21 bits per heavy atom. The Kier molecular flexibility index (Phi) is 7.23. The van der Waals surface area contributed by atoms with E-state index in [0.29, 0.717) is 6.54 Å². The minimum atomic E-state index is -4.08. The molecule has 0 aliphatic carbocycles. The summed E-state index contributed by atoms with van der Waals surface area (Å²) in [6.07, 6.45) is 0. The summed E-state index contributed by atoms with van der Waals surface area (Å²) in [7, 11) is -4.08. The van der Waals surface area contributed by atoms with Crippen molar-refractivity contribution in [2.75, 3.05) is 12.3 Å². The predicted octanol–water partition coefficient (Wildman–Crippen LogP) is -2.61. The van der Waals surface area contributed by atoms with Crippen LogP contribution in [0.15, 0.2) is 16.8 Å². The molecule has 14 heavy (non-hydrogen) atoms. The minimum absolute atomic E-state index is 0. The van der Waals surface area contributed by atoms with Crippen molar-refractivity contribution in [3.63, 3.8) is 0 Å².